The highest BCUT2D eigenvalue weighted by atomic mass is 79.9. The largest absolute Gasteiger partial charge is 0.393 e. The predicted octanol–water partition coefficient (Wildman–Crippen LogP) is 2.94. The summed E-state index contributed by atoms with van der Waals surface area (Å²) in [5.41, 5.74) is 0.684. The zero-order valence-corrected chi connectivity index (χ0v) is 13.5. The molecule has 2 unspecified atom stereocenters. The lowest BCUT2D eigenvalue weighted by Gasteiger charge is -2.27. The van der Waals surface area contributed by atoms with Gasteiger partial charge in [-0.3, -0.25) is 4.79 Å². The maximum absolute atomic E-state index is 12.3. The van der Waals surface area contributed by atoms with Crippen LogP contribution in [0.3, 0.4) is 0 Å². The Bertz CT molecular complexity index is 459. The highest BCUT2D eigenvalue weighted by Crippen LogP contribution is 2.24. The van der Waals surface area contributed by atoms with Crippen molar-refractivity contribution in [2.45, 2.75) is 51.7 Å². The summed E-state index contributed by atoms with van der Waals surface area (Å²) in [6.07, 6.45) is 6.77. The molecule has 0 radical (unpaired) electrons. The molecule has 1 aliphatic carbocycles. The van der Waals surface area contributed by atoms with Crippen molar-refractivity contribution in [1.29, 1.82) is 0 Å². The van der Waals surface area contributed by atoms with E-state index < -0.39 is 0 Å². The molecule has 1 amide bonds. The minimum absolute atomic E-state index is 0.0538. The van der Waals surface area contributed by atoms with E-state index in [0.717, 1.165) is 43.1 Å². The molecule has 0 spiro atoms. The summed E-state index contributed by atoms with van der Waals surface area (Å²) in [5.74, 6) is 0.146. The molecule has 0 aromatic carbocycles. The molecule has 1 fully saturated rings. The van der Waals surface area contributed by atoms with Gasteiger partial charge in [0.1, 0.15) is 5.69 Å². The number of amides is 1. The second-order valence-corrected chi connectivity index (χ2v) is 6.47. The van der Waals surface area contributed by atoms with E-state index in [1.165, 1.54) is 0 Å². The Hall–Kier alpha value is -0.810. The molecule has 20 heavy (non-hydrogen) atoms. The third-order valence-electron chi connectivity index (χ3n) is 3.95. The van der Waals surface area contributed by atoms with Gasteiger partial charge in [-0.2, -0.15) is 0 Å². The lowest BCUT2D eigenvalue weighted by atomic mass is 9.86. The van der Waals surface area contributed by atoms with Gasteiger partial charge >= 0.3 is 0 Å². The van der Waals surface area contributed by atoms with Gasteiger partial charge in [0.25, 0.3) is 5.91 Å². The number of aliphatic hydroxyl groups is 1. The number of hydrogen-bond acceptors (Lipinski definition) is 2. The average molecular weight is 343 g/mol. The fourth-order valence-corrected chi connectivity index (χ4v) is 3.30. The number of carbonyl (C=O) groups is 1. The van der Waals surface area contributed by atoms with Crippen LogP contribution in [0.1, 0.15) is 49.5 Å². The minimum Gasteiger partial charge on any atom is -0.393 e. The van der Waals surface area contributed by atoms with E-state index in [2.05, 4.69) is 28.2 Å². The van der Waals surface area contributed by atoms with Gasteiger partial charge in [-0.05, 0) is 41.3 Å². The molecular weight excluding hydrogens is 320 g/mol. The van der Waals surface area contributed by atoms with Gasteiger partial charge in [0.05, 0.1) is 6.10 Å². The highest BCUT2D eigenvalue weighted by molar-refractivity contribution is 9.10. The molecular formula is C15H23BrN2O2. The Balaban J connectivity index is 1.94. The second-order valence-electron chi connectivity index (χ2n) is 5.56. The van der Waals surface area contributed by atoms with Crippen molar-refractivity contribution in [2.75, 3.05) is 6.54 Å². The van der Waals surface area contributed by atoms with E-state index in [1.54, 1.807) is 0 Å². The Morgan fingerprint density at radius 1 is 1.50 bits per heavy atom. The summed E-state index contributed by atoms with van der Waals surface area (Å²) in [7, 11) is 0. The molecule has 1 saturated carbocycles. The van der Waals surface area contributed by atoms with Crippen molar-refractivity contribution in [3.05, 3.63) is 22.4 Å². The number of carbonyl (C=O) groups excluding carboxylic acids is 1. The lowest BCUT2D eigenvalue weighted by molar-refractivity contribution is 0.0660. The van der Waals surface area contributed by atoms with Gasteiger partial charge in [-0.15, -0.1) is 0 Å². The first-order valence-corrected chi connectivity index (χ1v) is 8.23. The average Bonchev–Trinajstić information content (AvgIpc) is 2.79. The molecule has 112 valence electrons. The first-order chi connectivity index (χ1) is 9.61. The number of nitrogens with zero attached hydrogens (tertiary/aromatic N) is 1. The summed E-state index contributed by atoms with van der Waals surface area (Å²) in [4.78, 5) is 12.3. The van der Waals surface area contributed by atoms with E-state index in [-0.39, 0.29) is 17.9 Å². The predicted molar refractivity (Wildman–Crippen MR) is 82.7 cm³/mol. The monoisotopic (exact) mass is 342 g/mol. The van der Waals surface area contributed by atoms with Crippen molar-refractivity contribution >= 4 is 21.8 Å². The quantitative estimate of drug-likeness (QED) is 0.864. The summed E-state index contributed by atoms with van der Waals surface area (Å²) >= 11 is 3.42. The standard InChI is InChI=1S/C15H23BrN2O2/c1-2-7-18-10-12(16)8-13(18)15(20)17-9-11-5-3-4-6-14(11)19/h8,10-11,14,19H,2-7,9H2,1H3,(H,17,20). The van der Waals surface area contributed by atoms with Crippen LogP contribution in [0.4, 0.5) is 0 Å². The molecule has 5 heteroatoms. The summed E-state index contributed by atoms with van der Waals surface area (Å²) in [6.45, 7) is 3.49. The van der Waals surface area contributed by atoms with Crippen molar-refractivity contribution in [2.24, 2.45) is 5.92 Å². The van der Waals surface area contributed by atoms with Gasteiger partial charge in [0.15, 0.2) is 0 Å². The fourth-order valence-electron chi connectivity index (χ4n) is 2.83. The lowest BCUT2D eigenvalue weighted by Crippen LogP contribution is -2.37. The Morgan fingerprint density at radius 3 is 2.95 bits per heavy atom. The molecule has 1 aromatic rings. The number of aromatic nitrogens is 1. The van der Waals surface area contributed by atoms with Gasteiger partial charge in [0, 0.05) is 29.7 Å². The van der Waals surface area contributed by atoms with Crippen LogP contribution in [0.5, 0.6) is 0 Å². The molecule has 1 aliphatic rings. The van der Waals surface area contributed by atoms with E-state index in [0.29, 0.717) is 12.2 Å². The molecule has 2 atom stereocenters. The van der Waals surface area contributed by atoms with Crippen molar-refractivity contribution in [1.82, 2.24) is 9.88 Å². The normalized spacial score (nSPS) is 22.8. The molecule has 4 nitrogen and oxygen atoms in total. The Labute approximate surface area is 128 Å². The Morgan fingerprint density at radius 2 is 2.25 bits per heavy atom. The van der Waals surface area contributed by atoms with E-state index >= 15 is 0 Å². The van der Waals surface area contributed by atoms with Gasteiger partial charge in [0.2, 0.25) is 0 Å². The fraction of sp³-hybridized carbons (Fsp3) is 0.667. The maximum atomic E-state index is 12.3. The van der Waals surface area contributed by atoms with Gasteiger partial charge in [-0.25, -0.2) is 0 Å². The maximum Gasteiger partial charge on any atom is 0.267 e. The van der Waals surface area contributed by atoms with Crippen molar-refractivity contribution < 1.29 is 9.90 Å². The van der Waals surface area contributed by atoms with E-state index in [9.17, 15) is 9.90 Å². The molecule has 1 heterocycles. The zero-order chi connectivity index (χ0) is 14.5. The molecule has 1 aromatic heterocycles. The summed E-state index contributed by atoms with van der Waals surface area (Å²) < 4.78 is 2.89. The van der Waals surface area contributed by atoms with Crippen molar-refractivity contribution in [3.8, 4) is 0 Å². The molecule has 0 aliphatic heterocycles. The van der Waals surface area contributed by atoms with Crippen LogP contribution in [-0.4, -0.2) is 28.2 Å². The SMILES string of the molecule is CCCn1cc(Br)cc1C(=O)NCC1CCCCC1O. The van der Waals surface area contributed by atoms with E-state index in [1.807, 2.05) is 16.8 Å². The van der Waals surface area contributed by atoms with Crippen LogP contribution in [0, 0.1) is 5.92 Å². The third kappa shape index (κ3) is 3.85. The van der Waals surface area contributed by atoms with Crippen LogP contribution in [0.2, 0.25) is 0 Å². The van der Waals surface area contributed by atoms with Crippen LogP contribution in [0.25, 0.3) is 0 Å². The van der Waals surface area contributed by atoms with E-state index in [4.69, 9.17) is 0 Å². The number of nitrogens with one attached hydrogen (secondary N) is 1. The number of aryl methyl sites for hydroxylation is 1. The van der Waals surface area contributed by atoms with Crippen LogP contribution in [0.15, 0.2) is 16.7 Å². The highest BCUT2D eigenvalue weighted by Gasteiger charge is 2.24. The molecule has 2 N–H and O–H groups in total. The number of hydrogen-bond donors (Lipinski definition) is 2. The number of aliphatic hydroxyl groups excluding tert-OH is 1. The van der Waals surface area contributed by atoms with Gasteiger partial charge < -0.3 is 15.0 Å². The molecule has 2 rings (SSSR count). The van der Waals surface area contributed by atoms with Crippen molar-refractivity contribution in [3.63, 3.8) is 0 Å². The summed E-state index contributed by atoms with van der Waals surface area (Å²) in [5, 5.41) is 12.9. The second kappa shape index (κ2) is 7.27. The number of rotatable bonds is 5. The smallest absolute Gasteiger partial charge is 0.267 e. The topological polar surface area (TPSA) is 54.3 Å². The third-order valence-corrected chi connectivity index (χ3v) is 4.39. The van der Waals surface area contributed by atoms with Crippen LogP contribution < -0.4 is 5.32 Å². The van der Waals surface area contributed by atoms with Gasteiger partial charge in [-0.1, -0.05) is 19.8 Å². The first-order valence-electron chi connectivity index (χ1n) is 7.43. The summed E-state index contributed by atoms with van der Waals surface area (Å²) in [6, 6.07) is 1.85. The van der Waals surface area contributed by atoms with Crippen LogP contribution >= 0.6 is 15.9 Å². The molecule has 0 saturated heterocycles. The molecule has 0 bridgehead atoms. The van der Waals surface area contributed by atoms with Crippen LogP contribution in [-0.2, 0) is 6.54 Å². The zero-order valence-electron chi connectivity index (χ0n) is 11.9. The first kappa shape index (κ1) is 15.6. The minimum atomic E-state index is -0.266. The number of halogens is 1. The Kier molecular flexibility index (Phi) is 5.66.